The molecule has 0 amide bonds. The topological polar surface area (TPSA) is 86.4 Å². The van der Waals surface area contributed by atoms with Gasteiger partial charge in [-0.2, -0.15) is 16.4 Å². The van der Waals surface area contributed by atoms with Crippen LogP contribution in [-0.2, 0) is 0 Å². The molecule has 0 saturated carbocycles. The van der Waals surface area contributed by atoms with E-state index in [2.05, 4.69) is 71.1 Å². The molecule has 8 heteroatoms. The lowest BCUT2D eigenvalue weighted by molar-refractivity contribution is 0.608. The van der Waals surface area contributed by atoms with Gasteiger partial charge >= 0.3 is 0 Å². The number of hydrogen-bond acceptors (Lipinski definition) is 6. The molecule has 160 valence electrons. The second-order valence-corrected chi connectivity index (χ2v) is 9.03. The van der Waals surface area contributed by atoms with E-state index in [4.69, 9.17) is 4.98 Å². The number of hydrogen-bond donors (Lipinski definition) is 2. The van der Waals surface area contributed by atoms with Crippen LogP contribution >= 0.6 is 11.3 Å². The predicted octanol–water partition coefficient (Wildman–Crippen LogP) is 5.50. The highest BCUT2D eigenvalue weighted by Crippen LogP contribution is 2.35. The Morgan fingerprint density at radius 3 is 2.76 bits per heavy atom. The van der Waals surface area contributed by atoms with E-state index < -0.39 is 0 Å². The molecular weight excluding hydrogens is 430 g/mol. The zero-order valence-corrected chi connectivity index (χ0v) is 18.4. The largest absolute Gasteiger partial charge is 0.355 e. The lowest BCUT2D eigenvalue weighted by Crippen LogP contribution is -2.37. The highest BCUT2D eigenvalue weighted by molar-refractivity contribution is 7.08. The minimum absolute atomic E-state index is 0.768. The summed E-state index contributed by atoms with van der Waals surface area (Å²) >= 11 is 1.71. The van der Waals surface area contributed by atoms with Crippen LogP contribution in [-0.4, -0.2) is 43.2 Å². The summed E-state index contributed by atoms with van der Waals surface area (Å²) in [5.74, 6) is 0.907. The van der Waals surface area contributed by atoms with E-state index in [0.29, 0.717) is 0 Å². The lowest BCUT2D eigenvalue weighted by atomic mass is 10.0. The number of benzene rings is 1. The molecule has 0 radical (unpaired) electrons. The van der Waals surface area contributed by atoms with Gasteiger partial charge in [0.2, 0.25) is 0 Å². The van der Waals surface area contributed by atoms with Crippen molar-refractivity contribution in [3.63, 3.8) is 0 Å². The van der Waals surface area contributed by atoms with Crippen LogP contribution in [0.2, 0.25) is 0 Å². The number of nitrogens with one attached hydrogen (secondary N) is 2. The predicted molar refractivity (Wildman–Crippen MR) is 132 cm³/mol. The van der Waals surface area contributed by atoms with Gasteiger partial charge in [0.05, 0.1) is 35.5 Å². The molecule has 2 N–H and O–H groups in total. The number of anilines is 1. The fourth-order valence-electron chi connectivity index (χ4n) is 4.39. The molecule has 7 nitrogen and oxygen atoms in total. The Hall–Kier alpha value is -4.04. The number of pyridine rings is 1. The van der Waals surface area contributed by atoms with Gasteiger partial charge in [0, 0.05) is 29.4 Å². The molecule has 0 unspecified atom stereocenters. The number of fused-ring (bicyclic) bond motifs is 2. The zero-order valence-electron chi connectivity index (χ0n) is 17.6. The van der Waals surface area contributed by atoms with Gasteiger partial charge < -0.3 is 9.88 Å². The molecule has 1 aromatic carbocycles. The maximum Gasteiger partial charge on any atom is 0.147 e. The highest BCUT2D eigenvalue weighted by Gasteiger charge is 2.18. The second-order valence-electron chi connectivity index (χ2n) is 8.25. The highest BCUT2D eigenvalue weighted by atomic mass is 32.1. The van der Waals surface area contributed by atoms with Crippen molar-refractivity contribution in [3.8, 4) is 33.9 Å². The number of aromatic nitrogens is 6. The van der Waals surface area contributed by atoms with Crippen molar-refractivity contribution in [2.24, 2.45) is 0 Å². The fourth-order valence-corrected chi connectivity index (χ4v) is 5.05. The van der Waals surface area contributed by atoms with Crippen LogP contribution in [0, 0.1) is 0 Å². The van der Waals surface area contributed by atoms with E-state index in [1.165, 1.54) is 22.9 Å². The van der Waals surface area contributed by atoms with Gasteiger partial charge in [0.15, 0.2) is 0 Å². The Kier molecular flexibility index (Phi) is 4.07. The summed E-state index contributed by atoms with van der Waals surface area (Å²) in [6, 6.07) is 12.7. The average molecular weight is 450 g/mol. The summed E-state index contributed by atoms with van der Waals surface area (Å²) in [6.07, 6.45) is 6.61. The molecule has 6 heterocycles. The van der Waals surface area contributed by atoms with E-state index in [1.54, 1.807) is 17.5 Å². The van der Waals surface area contributed by atoms with Crippen molar-refractivity contribution in [2.75, 3.05) is 18.0 Å². The van der Waals surface area contributed by atoms with Gasteiger partial charge in [-0.3, -0.25) is 15.1 Å². The molecule has 0 spiro atoms. The molecule has 1 aliphatic rings. The summed E-state index contributed by atoms with van der Waals surface area (Å²) in [5.41, 5.74) is 7.82. The minimum atomic E-state index is 0.768. The molecule has 6 aromatic rings. The van der Waals surface area contributed by atoms with Crippen molar-refractivity contribution in [3.05, 3.63) is 65.7 Å². The third-order valence-corrected chi connectivity index (χ3v) is 6.95. The summed E-state index contributed by atoms with van der Waals surface area (Å²) < 4.78 is 0. The Morgan fingerprint density at radius 2 is 1.91 bits per heavy atom. The van der Waals surface area contributed by atoms with Crippen LogP contribution in [0.15, 0.2) is 65.7 Å². The molecule has 1 saturated heterocycles. The number of aromatic amines is 2. The Labute approximate surface area is 193 Å². The Balaban J connectivity index is 1.34. The standard InChI is InChI=1S/C25H19N7S/c1-3-16(15-5-8-33-14-15)17-9-21(28-19(17)4-1)25-18-10-20(27-12-22(18)30-31-25)23-11-26-13-24(29-23)32-6-2-7-32/h1,3-5,8-14,28H,2,6-7H2,(H,30,31). The summed E-state index contributed by atoms with van der Waals surface area (Å²) in [7, 11) is 0. The normalized spacial score (nSPS) is 13.6. The van der Waals surface area contributed by atoms with Crippen molar-refractivity contribution in [1.29, 1.82) is 0 Å². The summed E-state index contributed by atoms with van der Waals surface area (Å²) in [5, 5.41) is 14.2. The number of nitrogens with zero attached hydrogens (tertiary/aromatic N) is 5. The molecule has 33 heavy (non-hydrogen) atoms. The average Bonchev–Trinajstić information content (AvgIpc) is 3.56. The first-order chi connectivity index (χ1) is 16.3. The van der Waals surface area contributed by atoms with Gasteiger partial charge in [-0.1, -0.05) is 12.1 Å². The number of thiophene rings is 1. The number of rotatable bonds is 4. The van der Waals surface area contributed by atoms with E-state index in [1.807, 2.05) is 18.5 Å². The van der Waals surface area contributed by atoms with Gasteiger partial charge in [0.1, 0.15) is 17.2 Å². The van der Waals surface area contributed by atoms with E-state index in [0.717, 1.165) is 58.1 Å². The molecule has 7 rings (SSSR count). The minimum Gasteiger partial charge on any atom is -0.355 e. The smallest absolute Gasteiger partial charge is 0.147 e. The van der Waals surface area contributed by atoms with Gasteiger partial charge in [0.25, 0.3) is 0 Å². The first kappa shape index (κ1) is 18.5. The third-order valence-electron chi connectivity index (χ3n) is 6.26. The SMILES string of the molecule is c1cc(-c2ccsc2)c2cc(-c3n[nH]c4cnc(-c5cncc(N6CCC6)n5)cc34)[nH]c2c1. The van der Waals surface area contributed by atoms with Gasteiger partial charge in [-0.15, -0.1) is 0 Å². The van der Waals surface area contributed by atoms with Crippen LogP contribution in [0.5, 0.6) is 0 Å². The van der Waals surface area contributed by atoms with Crippen LogP contribution < -0.4 is 4.90 Å². The maximum atomic E-state index is 4.80. The maximum absolute atomic E-state index is 4.80. The van der Waals surface area contributed by atoms with Gasteiger partial charge in [-0.05, 0) is 52.6 Å². The molecule has 0 atom stereocenters. The number of H-pyrrole nitrogens is 2. The molecule has 5 aromatic heterocycles. The quantitative estimate of drug-likeness (QED) is 0.371. The first-order valence-electron chi connectivity index (χ1n) is 10.9. The van der Waals surface area contributed by atoms with Crippen LogP contribution in [0.3, 0.4) is 0 Å². The monoisotopic (exact) mass is 449 g/mol. The van der Waals surface area contributed by atoms with Gasteiger partial charge in [-0.25, -0.2) is 4.98 Å². The van der Waals surface area contributed by atoms with Crippen molar-refractivity contribution in [2.45, 2.75) is 6.42 Å². The fraction of sp³-hybridized carbons (Fsp3) is 0.120. The van der Waals surface area contributed by atoms with Crippen LogP contribution in [0.25, 0.3) is 55.7 Å². The van der Waals surface area contributed by atoms with Crippen molar-refractivity contribution in [1.82, 2.24) is 30.1 Å². The molecule has 0 bridgehead atoms. The lowest BCUT2D eigenvalue weighted by Gasteiger charge is -2.31. The Bertz CT molecular complexity index is 1610. The third kappa shape index (κ3) is 3.02. The van der Waals surface area contributed by atoms with E-state index >= 15 is 0 Å². The Morgan fingerprint density at radius 1 is 0.939 bits per heavy atom. The molecule has 0 aliphatic carbocycles. The molecule has 1 fully saturated rings. The van der Waals surface area contributed by atoms with Crippen LogP contribution in [0.4, 0.5) is 5.82 Å². The summed E-state index contributed by atoms with van der Waals surface area (Å²) in [6.45, 7) is 2.06. The zero-order chi connectivity index (χ0) is 21.8. The van der Waals surface area contributed by atoms with Crippen LogP contribution in [0.1, 0.15) is 6.42 Å². The molecule has 1 aliphatic heterocycles. The van der Waals surface area contributed by atoms with E-state index in [9.17, 15) is 0 Å². The summed E-state index contributed by atoms with van der Waals surface area (Å²) in [4.78, 5) is 19.6. The van der Waals surface area contributed by atoms with Crippen molar-refractivity contribution < 1.29 is 0 Å². The second kappa shape index (κ2) is 7.25. The molecular formula is C25H19N7S. The van der Waals surface area contributed by atoms with E-state index in [-0.39, 0.29) is 0 Å². The van der Waals surface area contributed by atoms with Crippen molar-refractivity contribution >= 4 is 39.0 Å². The first-order valence-corrected chi connectivity index (χ1v) is 11.8.